The summed E-state index contributed by atoms with van der Waals surface area (Å²) >= 11 is 0. The number of anilines is 1. The second kappa shape index (κ2) is 11.1. The van der Waals surface area contributed by atoms with Crippen LogP contribution in [0.2, 0.25) is 0 Å². The van der Waals surface area contributed by atoms with Crippen LogP contribution in [0.4, 0.5) is 18.9 Å². The van der Waals surface area contributed by atoms with Gasteiger partial charge in [0.2, 0.25) is 5.88 Å². The Hall–Kier alpha value is -3.24. The van der Waals surface area contributed by atoms with Crippen LogP contribution in [0.25, 0.3) is 11.3 Å². The Kier molecular flexibility index (Phi) is 8.18. The van der Waals surface area contributed by atoms with Gasteiger partial charge in [-0.1, -0.05) is 6.07 Å². The van der Waals surface area contributed by atoms with E-state index in [9.17, 15) is 18.0 Å². The van der Waals surface area contributed by atoms with Crippen LogP contribution in [0.5, 0.6) is 5.88 Å². The number of ether oxygens (including phenoxy) is 1. The summed E-state index contributed by atoms with van der Waals surface area (Å²) < 4.78 is 48.3. The molecule has 33 heavy (non-hydrogen) atoms. The Morgan fingerprint density at radius 3 is 2.67 bits per heavy atom. The second-order valence-corrected chi connectivity index (χ2v) is 7.34. The number of carbonyl (C=O) groups is 1. The van der Waals surface area contributed by atoms with E-state index in [-0.39, 0.29) is 29.7 Å². The number of hydrogen-bond donors (Lipinski definition) is 2. The molecule has 4 rings (SSSR count). The molecule has 0 saturated carbocycles. The number of hydrogen-bond acceptors (Lipinski definition) is 6. The van der Waals surface area contributed by atoms with Crippen molar-refractivity contribution in [3.63, 3.8) is 0 Å². The fourth-order valence-corrected chi connectivity index (χ4v) is 3.44. The number of halogens is 4. The summed E-state index contributed by atoms with van der Waals surface area (Å²) in [5.74, 6) is -3.17. The van der Waals surface area contributed by atoms with Crippen molar-refractivity contribution < 1.29 is 22.7 Å². The predicted molar refractivity (Wildman–Crippen MR) is 118 cm³/mol. The molecular weight excluding hydrogens is 459 g/mol. The third-order valence-corrected chi connectivity index (χ3v) is 5.06. The molecule has 11 heteroatoms. The largest absolute Gasteiger partial charge is 0.476 e. The van der Waals surface area contributed by atoms with Gasteiger partial charge in [0, 0.05) is 12.5 Å². The predicted octanol–water partition coefficient (Wildman–Crippen LogP) is 4.01. The Morgan fingerprint density at radius 1 is 1.15 bits per heavy atom. The normalized spacial score (nSPS) is 15.4. The van der Waals surface area contributed by atoms with Crippen molar-refractivity contribution in [1.82, 2.24) is 20.3 Å². The molecule has 1 amide bonds. The van der Waals surface area contributed by atoms with Gasteiger partial charge in [-0.05, 0) is 43.7 Å². The van der Waals surface area contributed by atoms with Crippen LogP contribution in [0, 0.1) is 23.4 Å². The molecule has 174 valence electrons. The summed E-state index contributed by atoms with van der Waals surface area (Å²) in [5.41, 5.74) is -1.28. The standard InChI is InChI=1S/C22H20F3N5O2.ClH/c23-14-4-1-5-15(24)19(14)20-16(25)6-7-17(29-20)21(31)30-18-10-27-12-28-22(18)32-11-13-3-2-8-26-9-13;/h1,4-7,10,12-13,26H,2-3,8-9,11H2,(H,30,31);1H. The van der Waals surface area contributed by atoms with Gasteiger partial charge >= 0.3 is 0 Å². The van der Waals surface area contributed by atoms with Crippen LogP contribution in [-0.4, -0.2) is 40.6 Å². The molecule has 1 aromatic carbocycles. The van der Waals surface area contributed by atoms with Crippen LogP contribution < -0.4 is 15.4 Å². The van der Waals surface area contributed by atoms with Crippen molar-refractivity contribution in [2.45, 2.75) is 12.8 Å². The molecule has 1 atom stereocenters. The number of carbonyl (C=O) groups excluding carboxylic acids is 1. The lowest BCUT2D eigenvalue weighted by Crippen LogP contribution is -2.33. The highest BCUT2D eigenvalue weighted by Gasteiger charge is 2.21. The smallest absolute Gasteiger partial charge is 0.274 e. The lowest BCUT2D eigenvalue weighted by Gasteiger charge is -2.22. The zero-order valence-corrected chi connectivity index (χ0v) is 18.2. The van der Waals surface area contributed by atoms with Gasteiger partial charge in [0.05, 0.1) is 18.4 Å². The SMILES string of the molecule is Cl.O=C(Nc1cncnc1OCC1CCCNC1)c1ccc(F)c(-c2c(F)cccc2F)n1. The molecule has 0 spiro atoms. The number of amides is 1. The first-order valence-electron chi connectivity index (χ1n) is 10.1. The van der Waals surface area contributed by atoms with Gasteiger partial charge in [-0.25, -0.2) is 23.1 Å². The van der Waals surface area contributed by atoms with Gasteiger partial charge < -0.3 is 15.4 Å². The second-order valence-electron chi connectivity index (χ2n) is 7.34. The van der Waals surface area contributed by atoms with Gasteiger partial charge in [-0.15, -0.1) is 12.4 Å². The first-order chi connectivity index (χ1) is 15.5. The minimum absolute atomic E-state index is 0. The van der Waals surface area contributed by atoms with E-state index in [2.05, 4.69) is 25.6 Å². The number of nitrogens with zero attached hydrogens (tertiary/aromatic N) is 3. The van der Waals surface area contributed by atoms with E-state index in [0.717, 1.165) is 56.3 Å². The minimum atomic E-state index is -0.988. The van der Waals surface area contributed by atoms with Crippen LogP contribution in [0.15, 0.2) is 42.9 Å². The summed E-state index contributed by atoms with van der Waals surface area (Å²) in [5, 5.41) is 5.86. The van der Waals surface area contributed by atoms with Crippen LogP contribution in [-0.2, 0) is 0 Å². The summed E-state index contributed by atoms with van der Waals surface area (Å²) in [6.45, 7) is 2.23. The monoisotopic (exact) mass is 479 g/mol. The third-order valence-electron chi connectivity index (χ3n) is 5.06. The zero-order chi connectivity index (χ0) is 22.5. The average Bonchev–Trinajstić information content (AvgIpc) is 2.80. The lowest BCUT2D eigenvalue weighted by molar-refractivity contribution is 0.102. The molecule has 2 aromatic heterocycles. The molecule has 1 aliphatic rings. The number of rotatable bonds is 6. The lowest BCUT2D eigenvalue weighted by atomic mass is 10.0. The van der Waals surface area contributed by atoms with Crippen molar-refractivity contribution in [1.29, 1.82) is 0 Å². The van der Waals surface area contributed by atoms with Crippen LogP contribution in [0.1, 0.15) is 23.3 Å². The number of aromatic nitrogens is 3. The maximum Gasteiger partial charge on any atom is 0.274 e. The van der Waals surface area contributed by atoms with Crippen molar-refractivity contribution in [3.05, 3.63) is 66.0 Å². The fraction of sp³-hybridized carbons (Fsp3) is 0.273. The van der Waals surface area contributed by atoms with Crippen LogP contribution >= 0.6 is 12.4 Å². The van der Waals surface area contributed by atoms with E-state index in [1.54, 1.807) is 0 Å². The molecule has 0 bridgehead atoms. The first-order valence-corrected chi connectivity index (χ1v) is 10.1. The summed E-state index contributed by atoms with van der Waals surface area (Å²) in [6, 6.07) is 5.17. The highest BCUT2D eigenvalue weighted by molar-refractivity contribution is 6.03. The minimum Gasteiger partial charge on any atom is -0.476 e. The van der Waals surface area contributed by atoms with E-state index in [0.29, 0.717) is 12.5 Å². The maximum absolute atomic E-state index is 14.3. The van der Waals surface area contributed by atoms with Gasteiger partial charge in [-0.3, -0.25) is 4.79 Å². The number of benzene rings is 1. The van der Waals surface area contributed by atoms with E-state index < -0.39 is 34.6 Å². The van der Waals surface area contributed by atoms with E-state index in [1.807, 2.05) is 0 Å². The van der Waals surface area contributed by atoms with Gasteiger partial charge in [0.15, 0.2) is 0 Å². The highest BCUT2D eigenvalue weighted by atomic mass is 35.5. The molecule has 3 aromatic rings. The van der Waals surface area contributed by atoms with Gasteiger partial charge in [0.25, 0.3) is 5.91 Å². The molecule has 1 aliphatic heterocycles. The highest BCUT2D eigenvalue weighted by Crippen LogP contribution is 2.27. The number of piperidine rings is 1. The molecular formula is C22H21ClF3N5O2. The summed E-state index contributed by atoms with van der Waals surface area (Å²) in [7, 11) is 0. The van der Waals surface area contributed by atoms with Crippen molar-refractivity contribution in [2.24, 2.45) is 5.92 Å². The molecule has 0 aliphatic carbocycles. The molecule has 0 radical (unpaired) electrons. The number of nitrogens with one attached hydrogen (secondary N) is 2. The van der Waals surface area contributed by atoms with Crippen molar-refractivity contribution >= 4 is 24.0 Å². The Labute approximate surface area is 194 Å². The number of pyridine rings is 1. The third kappa shape index (κ3) is 5.77. The van der Waals surface area contributed by atoms with Crippen LogP contribution in [0.3, 0.4) is 0 Å². The topological polar surface area (TPSA) is 89.0 Å². The van der Waals surface area contributed by atoms with Gasteiger partial charge in [0.1, 0.15) is 40.9 Å². The van der Waals surface area contributed by atoms with Crippen molar-refractivity contribution in [2.75, 3.05) is 25.0 Å². The molecule has 1 unspecified atom stereocenters. The van der Waals surface area contributed by atoms with Gasteiger partial charge in [-0.2, -0.15) is 4.98 Å². The molecule has 3 heterocycles. The average molecular weight is 480 g/mol. The first kappa shape index (κ1) is 24.4. The van der Waals surface area contributed by atoms with Crippen molar-refractivity contribution in [3.8, 4) is 17.1 Å². The molecule has 1 fully saturated rings. The van der Waals surface area contributed by atoms with E-state index >= 15 is 0 Å². The fourth-order valence-electron chi connectivity index (χ4n) is 3.44. The molecule has 2 N–H and O–H groups in total. The summed E-state index contributed by atoms with van der Waals surface area (Å²) in [6.07, 6.45) is 4.73. The zero-order valence-electron chi connectivity index (χ0n) is 17.4. The quantitative estimate of drug-likeness (QED) is 0.555. The molecule has 1 saturated heterocycles. The molecule has 7 nitrogen and oxygen atoms in total. The Bertz CT molecular complexity index is 1110. The Morgan fingerprint density at radius 2 is 1.94 bits per heavy atom. The maximum atomic E-state index is 14.3. The Balaban J connectivity index is 0.00000306. The summed E-state index contributed by atoms with van der Waals surface area (Å²) in [4.78, 5) is 24.5. The van der Waals surface area contributed by atoms with E-state index in [1.165, 1.54) is 12.5 Å². The van der Waals surface area contributed by atoms with E-state index in [4.69, 9.17) is 4.74 Å².